The topological polar surface area (TPSA) is 26.0 Å². The van der Waals surface area contributed by atoms with Crippen molar-refractivity contribution >= 4 is 28.3 Å². The minimum Gasteiger partial charge on any atom is -0.404 e. The molecule has 0 amide bonds. The third-order valence-corrected chi connectivity index (χ3v) is 2.88. The van der Waals surface area contributed by atoms with E-state index in [-0.39, 0.29) is 0 Å². The van der Waals surface area contributed by atoms with Crippen LogP contribution >= 0.6 is 23.4 Å². The molecule has 1 aromatic rings. The van der Waals surface area contributed by atoms with Crippen molar-refractivity contribution in [2.75, 3.05) is 6.26 Å². The third kappa shape index (κ3) is 4.18. The average molecular weight is 244 g/mol. The van der Waals surface area contributed by atoms with Crippen LogP contribution in [0, 0.1) is 6.92 Å². The van der Waals surface area contributed by atoms with Crippen molar-refractivity contribution in [2.45, 2.75) is 20.8 Å². The highest BCUT2D eigenvalue weighted by atomic mass is 35.5. The van der Waals surface area contributed by atoms with Crippen LogP contribution < -0.4 is 5.73 Å². The van der Waals surface area contributed by atoms with Crippen molar-refractivity contribution in [3.8, 4) is 0 Å². The monoisotopic (exact) mass is 243 g/mol. The first-order chi connectivity index (χ1) is 7.19. The van der Waals surface area contributed by atoms with E-state index < -0.39 is 0 Å². The maximum Gasteiger partial charge on any atom is 0.0490 e. The average Bonchev–Trinajstić information content (AvgIpc) is 2.28. The molecule has 1 rings (SSSR count). The molecule has 0 bridgehead atoms. The predicted molar refractivity (Wildman–Crippen MR) is 73.2 cm³/mol. The summed E-state index contributed by atoms with van der Waals surface area (Å²) in [6, 6.07) is 5.92. The summed E-state index contributed by atoms with van der Waals surface area (Å²) in [5, 5.41) is 0.747. The van der Waals surface area contributed by atoms with Crippen LogP contribution in [0.5, 0.6) is 0 Å². The fraction of sp³-hybridized carbons (Fsp3) is 0.333. The highest BCUT2D eigenvalue weighted by molar-refractivity contribution is 8.07. The maximum atomic E-state index is 6.04. The van der Waals surface area contributed by atoms with Gasteiger partial charge in [0.2, 0.25) is 0 Å². The van der Waals surface area contributed by atoms with Gasteiger partial charge in [0.05, 0.1) is 0 Å². The van der Waals surface area contributed by atoms with Crippen molar-refractivity contribution in [1.29, 1.82) is 0 Å². The van der Waals surface area contributed by atoms with Gasteiger partial charge < -0.3 is 5.73 Å². The van der Waals surface area contributed by atoms with Crippen molar-refractivity contribution in [3.63, 3.8) is 0 Å². The van der Waals surface area contributed by atoms with Gasteiger partial charge in [0.15, 0.2) is 0 Å². The zero-order valence-corrected chi connectivity index (χ0v) is 11.2. The SMILES string of the molecule is CC.CS/C(=C\N)c1cc(C)ccc1Cl. The summed E-state index contributed by atoms with van der Waals surface area (Å²) in [6.45, 7) is 6.04. The van der Waals surface area contributed by atoms with Gasteiger partial charge in [0.25, 0.3) is 0 Å². The van der Waals surface area contributed by atoms with E-state index in [4.69, 9.17) is 17.3 Å². The summed E-state index contributed by atoms with van der Waals surface area (Å²) in [5.74, 6) is 0. The second-order valence-corrected chi connectivity index (χ2v) is 3.97. The molecular formula is C12H18ClNS. The lowest BCUT2D eigenvalue weighted by molar-refractivity contribution is 1.45. The zero-order valence-electron chi connectivity index (χ0n) is 9.67. The molecule has 0 unspecified atom stereocenters. The Hall–Kier alpha value is -0.600. The van der Waals surface area contributed by atoms with E-state index >= 15 is 0 Å². The van der Waals surface area contributed by atoms with E-state index in [0.717, 1.165) is 15.5 Å². The molecule has 15 heavy (non-hydrogen) atoms. The Bertz CT molecular complexity index is 334. The van der Waals surface area contributed by atoms with Gasteiger partial charge in [-0.3, -0.25) is 0 Å². The van der Waals surface area contributed by atoms with Gasteiger partial charge in [-0.25, -0.2) is 0 Å². The van der Waals surface area contributed by atoms with Crippen LogP contribution in [-0.4, -0.2) is 6.26 Å². The van der Waals surface area contributed by atoms with E-state index in [0.29, 0.717) is 0 Å². The summed E-state index contributed by atoms with van der Waals surface area (Å²) < 4.78 is 0. The Balaban J connectivity index is 0.000000921. The molecule has 3 heteroatoms. The molecule has 0 aliphatic heterocycles. The van der Waals surface area contributed by atoms with Crippen LogP contribution in [0.4, 0.5) is 0 Å². The molecule has 0 atom stereocenters. The molecule has 0 aliphatic rings. The van der Waals surface area contributed by atoms with Gasteiger partial charge in [-0.05, 0) is 25.3 Å². The quantitative estimate of drug-likeness (QED) is 0.839. The van der Waals surface area contributed by atoms with Gasteiger partial charge in [0, 0.05) is 21.7 Å². The molecule has 0 heterocycles. The first-order valence-corrected chi connectivity index (χ1v) is 6.51. The predicted octanol–water partition coefficient (Wildman–Crippen LogP) is 4.29. The van der Waals surface area contributed by atoms with Gasteiger partial charge >= 0.3 is 0 Å². The normalized spacial score (nSPS) is 10.6. The Labute approximate surface area is 102 Å². The van der Waals surface area contributed by atoms with Crippen molar-refractivity contribution in [3.05, 3.63) is 40.5 Å². The van der Waals surface area contributed by atoms with Crippen LogP contribution in [0.2, 0.25) is 5.02 Å². The molecule has 0 spiro atoms. The van der Waals surface area contributed by atoms with Crippen molar-refractivity contribution in [1.82, 2.24) is 0 Å². The molecule has 0 aromatic heterocycles. The van der Waals surface area contributed by atoms with Gasteiger partial charge in [-0.1, -0.05) is 37.1 Å². The molecule has 0 saturated carbocycles. The second kappa shape index (κ2) is 7.66. The molecule has 0 aliphatic carbocycles. The van der Waals surface area contributed by atoms with Crippen LogP contribution in [0.1, 0.15) is 25.0 Å². The summed E-state index contributed by atoms with van der Waals surface area (Å²) in [5.41, 5.74) is 7.69. The van der Waals surface area contributed by atoms with Crippen LogP contribution in [0.3, 0.4) is 0 Å². The molecule has 0 radical (unpaired) electrons. The molecule has 2 N–H and O–H groups in total. The van der Waals surface area contributed by atoms with Gasteiger partial charge in [-0.15, -0.1) is 11.8 Å². The second-order valence-electron chi connectivity index (χ2n) is 2.72. The number of rotatable bonds is 2. The first-order valence-electron chi connectivity index (χ1n) is 4.91. The van der Waals surface area contributed by atoms with E-state index in [1.54, 1.807) is 18.0 Å². The van der Waals surface area contributed by atoms with Crippen molar-refractivity contribution < 1.29 is 0 Å². The summed E-state index contributed by atoms with van der Waals surface area (Å²) in [6.07, 6.45) is 3.57. The van der Waals surface area contributed by atoms with E-state index in [9.17, 15) is 0 Å². The highest BCUT2D eigenvalue weighted by Gasteiger charge is 2.04. The molecule has 1 aromatic carbocycles. The number of halogens is 1. The lowest BCUT2D eigenvalue weighted by Crippen LogP contribution is -1.88. The fourth-order valence-corrected chi connectivity index (χ4v) is 1.90. The fourth-order valence-electron chi connectivity index (χ4n) is 1.10. The van der Waals surface area contributed by atoms with Gasteiger partial charge in [-0.2, -0.15) is 0 Å². The molecule has 1 nitrogen and oxygen atoms in total. The highest BCUT2D eigenvalue weighted by Crippen LogP contribution is 2.30. The lowest BCUT2D eigenvalue weighted by atomic mass is 10.1. The Kier molecular flexibility index (Phi) is 7.35. The zero-order chi connectivity index (χ0) is 11.8. The number of hydrogen-bond acceptors (Lipinski definition) is 2. The van der Waals surface area contributed by atoms with Crippen LogP contribution in [0.15, 0.2) is 24.4 Å². The molecule has 0 saturated heterocycles. The third-order valence-electron chi connectivity index (χ3n) is 1.76. The number of hydrogen-bond donors (Lipinski definition) is 1. The number of thioether (sulfide) groups is 1. The molecule has 0 fully saturated rings. The molecular weight excluding hydrogens is 226 g/mol. The number of nitrogens with two attached hydrogens (primary N) is 1. The number of benzene rings is 1. The van der Waals surface area contributed by atoms with E-state index in [1.807, 2.05) is 45.2 Å². The Morgan fingerprint density at radius 3 is 2.47 bits per heavy atom. The van der Waals surface area contributed by atoms with Gasteiger partial charge in [0.1, 0.15) is 0 Å². The summed E-state index contributed by atoms with van der Waals surface area (Å²) in [7, 11) is 0. The summed E-state index contributed by atoms with van der Waals surface area (Å²) >= 11 is 7.64. The van der Waals surface area contributed by atoms with Crippen LogP contribution in [0.25, 0.3) is 4.91 Å². The maximum absolute atomic E-state index is 6.04. The Morgan fingerprint density at radius 2 is 2.00 bits per heavy atom. The molecule has 84 valence electrons. The Morgan fingerprint density at radius 1 is 1.40 bits per heavy atom. The summed E-state index contributed by atoms with van der Waals surface area (Å²) in [4.78, 5) is 1.01. The smallest absolute Gasteiger partial charge is 0.0490 e. The van der Waals surface area contributed by atoms with Crippen molar-refractivity contribution in [2.24, 2.45) is 5.73 Å². The first kappa shape index (κ1) is 14.4. The van der Waals surface area contributed by atoms with Crippen LogP contribution in [-0.2, 0) is 0 Å². The minimum absolute atomic E-state index is 0.747. The largest absolute Gasteiger partial charge is 0.404 e. The lowest BCUT2D eigenvalue weighted by Gasteiger charge is -2.06. The van der Waals surface area contributed by atoms with E-state index in [2.05, 4.69) is 0 Å². The standard InChI is InChI=1S/C10H12ClNS.C2H6/c1-7-3-4-9(11)8(5-7)10(6-12)13-2;1-2/h3-6H,12H2,1-2H3;1-2H3/b10-6-;. The minimum atomic E-state index is 0.747. The number of aryl methyl sites for hydroxylation is 1. The van der Waals surface area contributed by atoms with E-state index in [1.165, 1.54) is 5.56 Å².